The van der Waals surface area contributed by atoms with Crippen LogP contribution in [0.5, 0.6) is 0 Å². The lowest BCUT2D eigenvalue weighted by molar-refractivity contribution is -0.384. The third-order valence-corrected chi connectivity index (χ3v) is 1.70. The third kappa shape index (κ3) is 2.95. The number of hydrogen-bond donors (Lipinski definition) is 2. The van der Waals surface area contributed by atoms with Crippen LogP contribution < -0.4 is 0 Å². The standard InChI is InChI=1S/C6H8F6O3/c1-3(15-14)2-4(13,5(7,8)9)6(10,11)12/h3,13-14H,2H2,1H3. The van der Waals surface area contributed by atoms with Crippen molar-refractivity contribution in [3.8, 4) is 0 Å². The first-order valence-electron chi connectivity index (χ1n) is 3.61. The summed E-state index contributed by atoms with van der Waals surface area (Å²) in [5.74, 6) is 0. The minimum Gasteiger partial charge on any atom is -0.374 e. The maximum atomic E-state index is 12.0. The smallest absolute Gasteiger partial charge is 0.374 e. The van der Waals surface area contributed by atoms with E-state index in [0.29, 0.717) is 0 Å². The Kier molecular flexibility index (Phi) is 3.99. The lowest BCUT2D eigenvalue weighted by Gasteiger charge is -2.33. The molecule has 0 spiro atoms. The molecule has 0 heterocycles. The topological polar surface area (TPSA) is 49.7 Å². The summed E-state index contributed by atoms with van der Waals surface area (Å²) in [7, 11) is 0. The molecule has 0 aromatic heterocycles. The van der Waals surface area contributed by atoms with E-state index in [1.54, 1.807) is 0 Å². The summed E-state index contributed by atoms with van der Waals surface area (Å²) in [6.07, 6.45) is -15.4. The molecule has 0 aliphatic heterocycles. The lowest BCUT2D eigenvalue weighted by Crippen LogP contribution is -2.58. The molecule has 1 atom stereocenters. The Morgan fingerprint density at radius 2 is 1.40 bits per heavy atom. The maximum Gasteiger partial charge on any atom is 0.426 e. The Labute approximate surface area is 80.2 Å². The van der Waals surface area contributed by atoms with Crippen LogP contribution in [-0.4, -0.2) is 34.4 Å². The van der Waals surface area contributed by atoms with Crippen LogP contribution in [0, 0.1) is 0 Å². The first-order valence-corrected chi connectivity index (χ1v) is 3.61. The Morgan fingerprint density at radius 3 is 1.60 bits per heavy atom. The Morgan fingerprint density at radius 1 is 1.07 bits per heavy atom. The van der Waals surface area contributed by atoms with Gasteiger partial charge in [0.15, 0.2) is 0 Å². The quantitative estimate of drug-likeness (QED) is 0.452. The average molecular weight is 242 g/mol. The second-order valence-corrected chi connectivity index (χ2v) is 2.98. The number of hydrogen-bond acceptors (Lipinski definition) is 3. The number of halogens is 6. The molecule has 0 amide bonds. The van der Waals surface area contributed by atoms with Crippen molar-refractivity contribution in [3.63, 3.8) is 0 Å². The largest absolute Gasteiger partial charge is 0.426 e. The van der Waals surface area contributed by atoms with E-state index in [1.165, 1.54) is 0 Å². The minimum absolute atomic E-state index is 0.752. The number of alkyl halides is 6. The molecular formula is C6H8F6O3. The first kappa shape index (κ1) is 14.5. The second kappa shape index (κ2) is 4.14. The summed E-state index contributed by atoms with van der Waals surface area (Å²) in [6, 6.07) is 0. The van der Waals surface area contributed by atoms with Gasteiger partial charge in [-0.3, -0.25) is 5.26 Å². The highest BCUT2D eigenvalue weighted by Gasteiger charge is 2.70. The summed E-state index contributed by atoms with van der Waals surface area (Å²) in [6.45, 7) is 0.752. The van der Waals surface area contributed by atoms with Gasteiger partial charge in [0.1, 0.15) is 0 Å². The van der Waals surface area contributed by atoms with Crippen molar-refractivity contribution < 1.29 is 41.6 Å². The molecule has 15 heavy (non-hydrogen) atoms. The van der Waals surface area contributed by atoms with E-state index in [1.807, 2.05) is 0 Å². The molecule has 9 heteroatoms. The molecule has 0 radical (unpaired) electrons. The summed E-state index contributed by atoms with van der Waals surface area (Å²) < 4.78 is 71.9. The molecule has 0 aliphatic rings. The molecule has 0 fully saturated rings. The van der Waals surface area contributed by atoms with Gasteiger partial charge in [-0.1, -0.05) is 0 Å². The van der Waals surface area contributed by atoms with Gasteiger partial charge in [-0.05, 0) is 6.92 Å². The fourth-order valence-electron chi connectivity index (χ4n) is 0.845. The summed E-state index contributed by atoms with van der Waals surface area (Å²) in [5.41, 5.74) is -4.89. The maximum absolute atomic E-state index is 12.0. The van der Waals surface area contributed by atoms with Crippen molar-refractivity contribution in [2.45, 2.75) is 37.4 Å². The predicted molar refractivity (Wildman–Crippen MR) is 34.9 cm³/mol. The van der Waals surface area contributed by atoms with E-state index in [9.17, 15) is 26.3 Å². The molecule has 0 rings (SSSR count). The normalized spacial score (nSPS) is 16.6. The van der Waals surface area contributed by atoms with Gasteiger partial charge in [0.2, 0.25) is 0 Å². The molecular weight excluding hydrogens is 234 g/mol. The van der Waals surface area contributed by atoms with Crippen molar-refractivity contribution in [3.05, 3.63) is 0 Å². The zero-order valence-electron chi connectivity index (χ0n) is 7.35. The van der Waals surface area contributed by atoms with E-state index in [-0.39, 0.29) is 0 Å². The zero-order valence-corrected chi connectivity index (χ0v) is 7.35. The molecule has 3 nitrogen and oxygen atoms in total. The van der Waals surface area contributed by atoms with E-state index >= 15 is 0 Å². The summed E-state index contributed by atoms with van der Waals surface area (Å²) >= 11 is 0. The Bertz CT molecular complexity index is 196. The fraction of sp³-hybridized carbons (Fsp3) is 1.00. The van der Waals surface area contributed by atoms with Gasteiger partial charge >= 0.3 is 12.4 Å². The molecule has 92 valence electrons. The molecule has 0 aliphatic carbocycles. The van der Waals surface area contributed by atoms with Gasteiger partial charge in [0.05, 0.1) is 6.10 Å². The van der Waals surface area contributed by atoms with Crippen molar-refractivity contribution in [1.29, 1.82) is 0 Å². The third-order valence-electron chi connectivity index (χ3n) is 1.70. The molecule has 2 N–H and O–H groups in total. The van der Waals surface area contributed by atoms with E-state index in [4.69, 9.17) is 10.4 Å². The Balaban J connectivity index is 5.06. The van der Waals surface area contributed by atoms with Crippen LogP contribution in [-0.2, 0) is 4.89 Å². The minimum atomic E-state index is -5.89. The van der Waals surface area contributed by atoms with Crippen LogP contribution in [0.3, 0.4) is 0 Å². The zero-order chi connectivity index (χ0) is 12.5. The predicted octanol–water partition coefficient (Wildman–Crippen LogP) is 2.11. The van der Waals surface area contributed by atoms with E-state index in [2.05, 4.69) is 4.89 Å². The van der Waals surface area contributed by atoms with Crippen molar-refractivity contribution in [2.24, 2.45) is 0 Å². The van der Waals surface area contributed by atoms with Gasteiger partial charge in [0.25, 0.3) is 5.60 Å². The fourth-order valence-corrected chi connectivity index (χ4v) is 0.845. The van der Waals surface area contributed by atoms with Crippen LogP contribution in [0.4, 0.5) is 26.3 Å². The van der Waals surface area contributed by atoms with Crippen molar-refractivity contribution >= 4 is 0 Å². The average Bonchev–Trinajstić information content (AvgIpc) is 1.99. The molecule has 0 aromatic carbocycles. The van der Waals surface area contributed by atoms with Gasteiger partial charge in [-0.15, -0.1) is 0 Å². The van der Waals surface area contributed by atoms with Crippen LogP contribution in [0.25, 0.3) is 0 Å². The van der Waals surface area contributed by atoms with Crippen LogP contribution in [0.15, 0.2) is 0 Å². The van der Waals surface area contributed by atoms with Crippen LogP contribution >= 0.6 is 0 Å². The molecule has 0 saturated carbocycles. The molecule has 0 aromatic rings. The van der Waals surface area contributed by atoms with Crippen molar-refractivity contribution in [1.82, 2.24) is 0 Å². The summed E-state index contributed by atoms with van der Waals surface area (Å²) in [5, 5.41) is 16.4. The molecule has 1 unspecified atom stereocenters. The van der Waals surface area contributed by atoms with Crippen LogP contribution in [0.1, 0.15) is 13.3 Å². The molecule has 0 bridgehead atoms. The lowest BCUT2D eigenvalue weighted by atomic mass is 9.95. The van der Waals surface area contributed by atoms with E-state index < -0.39 is 30.5 Å². The summed E-state index contributed by atoms with van der Waals surface area (Å²) in [4.78, 5) is 3.28. The highest BCUT2D eigenvalue weighted by Crippen LogP contribution is 2.45. The second-order valence-electron chi connectivity index (χ2n) is 2.98. The van der Waals surface area contributed by atoms with E-state index in [0.717, 1.165) is 6.92 Å². The van der Waals surface area contributed by atoms with Crippen molar-refractivity contribution in [2.75, 3.05) is 0 Å². The monoisotopic (exact) mass is 242 g/mol. The first-order chi connectivity index (χ1) is 6.45. The molecule has 0 saturated heterocycles. The van der Waals surface area contributed by atoms with Gasteiger partial charge in [-0.25, -0.2) is 4.89 Å². The van der Waals surface area contributed by atoms with Crippen LogP contribution in [0.2, 0.25) is 0 Å². The number of aliphatic hydroxyl groups is 1. The highest BCUT2D eigenvalue weighted by molar-refractivity contribution is 4.94. The van der Waals surface area contributed by atoms with Gasteiger partial charge in [-0.2, -0.15) is 26.3 Å². The highest BCUT2D eigenvalue weighted by atomic mass is 19.4. The number of rotatable bonds is 3. The SMILES string of the molecule is CC(CC(O)(C(F)(F)F)C(F)(F)F)OO. The Hall–Kier alpha value is -0.540. The van der Waals surface area contributed by atoms with Gasteiger partial charge < -0.3 is 5.11 Å². The van der Waals surface area contributed by atoms with Gasteiger partial charge in [0, 0.05) is 6.42 Å².